The first-order valence-electron chi connectivity index (χ1n) is 6.10. The van der Waals surface area contributed by atoms with Crippen molar-refractivity contribution >= 4 is 29.7 Å². The van der Waals surface area contributed by atoms with Crippen LogP contribution in [0, 0.1) is 5.92 Å². The second kappa shape index (κ2) is 7.07. The number of carbonyl (C=O) groups is 1. The first kappa shape index (κ1) is 15.4. The fraction of sp³-hybridized carbons (Fsp3) is 0.667. The molecule has 1 heterocycles. The highest BCUT2D eigenvalue weighted by Gasteiger charge is 2.23. The number of hydrogen-bond acceptors (Lipinski definition) is 4. The lowest BCUT2D eigenvalue weighted by atomic mass is 9.85. The molecule has 0 saturated heterocycles. The smallest absolute Gasteiger partial charge is 0.273 e. The maximum atomic E-state index is 12.1. The summed E-state index contributed by atoms with van der Waals surface area (Å²) in [5.41, 5.74) is 6.04. The fourth-order valence-corrected chi connectivity index (χ4v) is 2.78. The highest BCUT2D eigenvalue weighted by Crippen LogP contribution is 2.27. The number of carbonyl (C=O) groups excluding carboxylic acids is 1. The molecule has 0 bridgehead atoms. The predicted octanol–water partition coefficient (Wildman–Crippen LogP) is 1.94. The molecule has 0 aromatic carbocycles. The average Bonchev–Trinajstić information content (AvgIpc) is 2.71. The summed E-state index contributed by atoms with van der Waals surface area (Å²) in [7, 11) is 1.86. The quantitative estimate of drug-likeness (QED) is 0.901. The average molecular weight is 290 g/mol. The number of thiazole rings is 1. The number of aromatic nitrogens is 1. The van der Waals surface area contributed by atoms with Gasteiger partial charge in [0.15, 0.2) is 0 Å². The van der Waals surface area contributed by atoms with E-state index in [9.17, 15) is 4.79 Å². The van der Waals surface area contributed by atoms with Gasteiger partial charge in [0.25, 0.3) is 5.91 Å². The lowest BCUT2D eigenvalue weighted by Crippen LogP contribution is -2.34. The molecule has 0 atom stereocenters. The Labute approximate surface area is 118 Å². The Balaban J connectivity index is 0.00000162. The molecule has 0 aliphatic heterocycles. The van der Waals surface area contributed by atoms with Gasteiger partial charge in [-0.3, -0.25) is 4.79 Å². The van der Waals surface area contributed by atoms with Crippen LogP contribution in [-0.4, -0.2) is 35.9 Å². The maximum absolute atomic E-state index is 12.1. The minimum Gasteiger partial charge on any atom is -0.340 e. The van der Waals surface area contributed by atoms with Gasteiger partial charge in [0.2, 0.25) is 0 Å². The molecule has 1 aromatic rings. The van der Waals surface area contributed by atoms with Crippen molar-refractivity contribution in [1.29, 1.82) is 0 Å². The van der Waals surface area contributed by atoms with Gasteiger partial charge in [-0.05, 0) is 25.3 Å². The van der Waals surface area contributed by atoms with Crippen LogP contribution >= 0.6 is 23.7 Å². The molecule has 1 aliphatic carbocycles. The van der Waals surface area contributed by atoms with Crippen LogP contribution < -0.4 is 5.73 Å². The van der Waals surface area contributed by atoms with Gasteiger partial charge >= 0.3 is 0 Å². The zero-order chi connectivity index (χ0) is 12.3. The first-order chi connectivity index (χ1) is 8.20. The molecule has 4 nitrogen and oxygen atoms in total. The van der Waals surface area contributed by atoms with Gasteiger partial charge in [0.05, 0.1) is 5.01 Å². The molecule has 102 valence electrons. The Kier molecular flexibility index (Phi) is 6.05. The summed E-state index contributed by atoms with van der Waals surface area (Å²) < 4.78 is 0. The van der Waals surface area contributed by atoms with Gasteiger partial charge < -0.3 is 10.6 Å². The summed E-state index contributed by atoms with van der Waals surface area (Å²) in [6, 6.07) is 0. The summed E-state index contributed by atoms with van der Waals surface area (Å²) in [5.74, 6) is 0.738. The third-order valence-electron chi connectivity index (χ3n) is 3.23. The van der Waals surface area contributed by atoms with Crippen molar-refractivity contribution in [3.63, 3.8) is 0 Å². The van der Waals surface area contributed by atoms with Crippen LogP contribution in [0.2, 0.25) is 0 Å². The van der Waals surface area contributed by atoms with E-state index in [1.807, 2.05) is 12.4 Å². The van der Waals surface area contributed by atoms with Gasteiger partial charge in [-0.25, -0.2) is 4.98 Å². The van der Waals surface area contributed by atoms with Crippen LogP contribution in [0.4, 0.5) is 0 Å². The summed E-state index contributed by atoms with van der Waals surface area (Å²) in [6.07, 6.45) is 4.58. The van der Waals surface area contributed by atoms with E-state index in [1.165, 1.54) is 30.6 Å². The van der Waals surface area contributed by atoms with Crippen molar-refractivity contribution in [2.24, 2.45) is 11.7 Å². The van der Waals surface area contributed by atoms with Gasteiger partial charge in [0, 0.05) is 25.4 Å². The van der Waals surface area contributed by atoms with E-state index in [1.54, 1.807) is 4.90 Å². The van der Waals surface area contributed by atoms with Gasteiger partial charge in [0.1, 0.15) is 5.69 Å². The number of amides is 1. The summed E-state index contributed by atoms with van der Waals surface area (Å²) in [4.78, 5) is 18.2. The third kappa shape index (κ3) is 3.67. The Morgan fingerprint density at radius 3 is 2.89 bits per heavy atom. The monoisotopic (exact) mass is 289 g/mol. The summed E-state index contributed by atoms with van der Waals surface area (Å²) in [5, 5.41) is 2.79. The Morgan fingerprint density at radius 2 is 2.33 bits per heavy atom. The van der Waals surface area contributed by atoms with Crippen molar-refractivity contribution in [3.05, 3.63) is 16.1 Å². The lowest BCUT2D eigenvalue weighted by Gasteiger charge is -2.29. The van der Waals surface area contributed by atoms with Crippen molar-refractivity contribution in [1.82, 2.24) is 9.88 Å². The van der Waals surface area contributed by atoms with Gasteiger partial charge in [-0.15, -0.1) is 23.7 Å². The molecule has 1 amide bonds. The van der Waals surface area contributed by atoms with E-state index in [-0.39, 0.29) is 18.3 Å². The molecule has 1 aromatic heterocycles. The Morgan fingerprint density at radius 1 is 1.61 bits per heavy atom. The molecule has 1 fully saturated rings. The zero-order valence-electron chi connectivity index (χ0n) is 10.6. The second-order valence-electron chi connectivity index (χ2n) is 4.65. The summed E-state index contributed by atoms with van der Waals surface area (Å²) >= 11 is 1.52. The van der Waals surface area contributed by atoms with Gasteiger partial charge in [-0.2, -0.15) is 0 Å². The minimum atomic E-state index is 0. The third-order valence-corrected chi connectivity index (χ3v) is 4.14. The van der Waals surface area contributed by atoms with Crippen LogP contribution in [0.3, 0.4) is 0 Å². The molecule has 6 heteroatoms. The van der Waals surface area contributed by atoms with Crippen LogP contribution in [0.5, 0.6) is 0 Å². The molecule has 0 unspecified atom stereocenters. The maximum Gasteiger partial charge on any atom is 0.273 e. The van der Waals surface area contributed by atoms with Gasteiger partial charge in [-0.1, -0.05) is 6.42 Å². The van der Waals surface area contributed by atoms with Crippen molar-refractivity contribution in [2.75, 3.05) is 20.1 Å². The first-order valence-corrected chi connectivity index (χ1v) is 6.98. The van der Waals surface area contributed by atoms with Crippen LogP contribution in [0.15, 0.2) is 5.38 Å². The van der Waals surface area contributed by atoms with Crippen LogP contribution in [-0.2, 0) is 6.42 Å². The van der Waals surface area contributed by atoms with Crippen LogP contribution in [0.1, 0.15) is 34.8 Å². The second-order valence-corrected chi connectivity index (χ2v) is 5.59. The number of nitrogens with two attached hydrogens (primary N) is 1. The van der Waals surface area contributed by atoms with E-state index < -0.39 is 0 Å². The van der Waals surface area contributed by atoms with Crippen molar-refractivity contribution in [2.45, 2.75) is 25.7 Å². The standard InChI is InChI=1S/C12H19N3OS.ClH/c1-15(7-9-3-2-4-9)12(16)10-8-17-11(14-10)5-6-13;/h8-9H,2-7,13H2,1H3;1H. The number of hydrogen-bond donors (Lipinski definition) is 1. The van der Waals surface area contributed by atoms with Crippen molar-refractivity contribution < 1.29 is 4.79 Å². The van der Waals surface area contributed by atoms with E-state index in [4.69, 9.17) is 5.73 Å². The Bertz CT molecular complexity index is 392. The van der Waals surface area contributed by atoms with Crippen LogP contribution in [0.25, 0.3) is 0 Å². The van der Waals surface area contributed by atoms with E-state index >= 15 is 0 Å². The SMILES string of the molecule is CN(CC1CCC1)C(=O)c1csc(CCN)n1.Cl. The highest BCUT2D eigenvalue weighted by atomic mass is 35.5. The molecule has 1 saturated carbocycles. The fourth-order valence-electron chi connectivity index (χ4n) is 1.99. The minimum absolute atomic E-state index is 0. The number of rotatable bonds is 5. The molecule has 0 radical (unpaired) electrons. The molecule has 18 heavy (non-hydrogen) atoms. The molecule has 2 rings (SSSR count). The predicted molar refractivity (Wildman–Crippen MR) is 76.4 cm³/mol. The zero-order valence-corrected chi connectivity index (χ0v) is 12.2. The molecular formula is C12H20ClN3OS. The molecule has 2 N–H and O–H groups in total. The van der Waals surface area contributed by atoms with E-state index in [0.717, 1.165) is 18.0 Å². The largest absolute Gasteiger partial charge is 0.340 e. The van der Waals surface area contributed by atoms with E-state index in [2.05, 4.69) is 4.98 Å². The lowest BCUT2D eigenvalue weighted by molar-refractivity contribution is 0.0740. The number of halogens is 1. The molecule has 1 aliphatic rings. The molecule has 0 spiro atoms. The normalized spacial score (nSPS) is 14.8. The topological polar surface area (TPSA) is 59.2 Å². The number of nitrogens with zero attached hydrogens (tertiary/aromatic N) is 2. The summed E-state index contributed by atoms with van der Waals surface area (Å²) in [6.45, 7) is 1.45. The Hall–Kier alpha value is -0.650. The van der Waals surface area contributed by atoms with Crippen molar-refractivity contribution in [3.8, 4) is 0 Å². The highest BCUT2D eigenvalue weighted by molar-refractivity contribution is 7.09. The molecular weight excluding hydrogens is 270 g/mol. The van der Waals surface area contributed by atoms with E-state index in [0.29, 0.717) is 18.2 Å².